The minimum absolute atomic E-state index is 0.0349. The van der Waals surface area contributed by atoms with Crippen molar-refractivity contribution in [1.29, 1.82) is 0 Å². The van der Waals surface area contributed by atoms with E-state index in [9.17, 15) is 9.18 Å². The third kappa shape index (κ3) is 2.29. The summed E-state index contributed by atoms with van der Waals surface area (Å²) in [6, 6.07) is 10.5. The average molecular weight is 250 g/mol. The lowest BCUT2D eigenvalue weighted by Crippen LogP contribution is -2.07. The number of hydrogen-bond donors (Lipinski definition) is 1. The van der Waals surface area contributed by atoms with Gasteiger partial charge >= 0.3 is 0 Å². The predicted octanol–water partition coefficient (Wildman–Crippen LogP) is 3.29. The van der Waals surface area contributed by atoms with Crippen LogP contribution in [0.3, 0.4) is 0 Å². The molecule has 0 aliphatic rings. The Kier molecular flexibility index (Phi) is 3.11. The number of benzene rings is 2. The predicted molar refractivity (Wildman–Crippen MR) is 65.7 cm³/mol. The average Bonchev–Trinajstić information content (AvgIpc) is 2.29. The van der Waals surface area contributed by atoms with Gasteiger partial charge in [0.25, 0.3) is 0 Å². The van der Waals surface area contributed by atoms with Crippen molar-refractivity contribution >= 4 is 23.1 Å². The SMILES string of the molecule is Nc1ccccc1C(=O)c1ccc(Cl)cc1F. The molecule has 0 aromatic heterocycles. The van der Waals surface area contributed by atoms with E-state index in [-0.39, 0.29) is 16.1 Å². The number of rotatable bonds is 2. The van der Waals surface area contributed by atoms with Gasteiger partial charge in [0.2, 0.25) is 0 Å². The number of nitrogens with two attached hydrogens (primary N) is 1. The first kappa shape index (κ1) is 11.6. The van der Waals surface area contributed by atoms with Gasteiger partial charge in [-0.2, -0.15) is 0 Å². The second kappa shape index (κ2) is 4.55. The first-order chi connectivity index (χ1) is 8.09. The molecule has 2 aromatic rings. The Bertz CT molecular complexity index is 583. The molecule has 2 nitrogen and oxygen atoms in total. The zero-order valence-electron chi connectivity index (χ0n) is 8.78. The molecule has 4 heteroatoms. The summed E-state index contributed by atoms with van der Waals surface area (Å²) in [5.74, 6) is -1.09. The van der Waals surface area contributed by atoms with Crippen LogP contribution in [-0.4, -0.2) is 5.78 Å². The summed E-state index contributed by atoms with van der Waals surface area (Å²) in [5.41, 5.74) is 6.25. The maximum Gasteiger partial charge on any atom is 0.198 e. The number of ketones is 1. The number of halogens is 2. The summed E-state index contributed by atoms with van der Waals surface area (Å²) in [6.07, 6.45) is 0. The molecule has 0 saturated carbocycles. The van der Waals surface area contributed by atoms with Gasteiger partial charge < -0.3 is 5.73 Å². The summed E-state index contributed by atoms with van der Waals surface area (Å²) in [7, 11) is 0. The molecule has 2 N–H and O–H groups in total. The van der Waals surface area contributed by atoms with Gasteiger partial charge in [0.15, 0.2) is 5.78 Å². The van der Waals surface area contributed by atoms with Gasteiger partial charge in [0, 0.05) is 16.3 Å². The Morgan fingerprint density at radius 2 is 1.82 bits per heavy atom. The molecule has 0 atom stereocenters. The fraction of sp³-hybridized carbons (Fsp3) is 0. The third-order valence-electron chi connectivity index (χ3n) is 2.38. The zero-order chi connectivity index (χ0) is 12.4. The lowest BCUT2D eigenvalue weighted by molar-refractivity contribution is 0.103. The van der Waals surface area contributed by atoms with Crippen LogP contribution in [0.25, 0.3) is 0 Å². The van der Waals surface area contributed by atoms with Crippen LogP contribution < -0.4 is 5.73 Å². The lowest BCUT2D eigenvalue weighted by atomic mass is 10.0. The molecule has 0 saturated heterocycles. The third-order valence-corrected chi connectivity index (χ3v) is 2.62. The number of para-hydroxylation sites is 1. The fourth-order valence-corrected chi connectivity index (χ4v) is 1.68. The minimum Gasteiger partial charge on any atom is -0.398 e. The monoisotopic (exact) mass is 249 g/mol. The smallest absolute Gasteiger partial charge is 0.198 e. The van der Waals surface area contributed by atoms with E-state index in [1.165, 1.54) is 12.1 Å². The highest BCUT2D eigenvalue weighted by Crippen LogP contribution is 2.20. The number of carbonyl (C=O) groups excluding carboxylic acids is 1. The van der Waals surface area contributed by atoms with Gasteiger partial charge in [-0.1, -0.05) is 23.7 Å². The number of carbonyl (C=O) groups is 1. The highest BCUT2D eigenvalue weighted by Gasteiger charge is 2.15. The van der Waals surface area contributed by atoms with E-state index < -0.39 is 11.6 Å². The topological polar surface area (TPSA) is 43.1 Å². The van der Waals surface area contributed by atoms with Crippen LogP contribution in [0, 0.1) is 5.82 Å². The molecule has 0 fully saturated rings. The van der Waals surface area contributed by atoms with Crippen molar-refractivity contribution < 1.29 is 9.18 Å². The largest absolute Gasteiger partial charge is 0.398 e. The normalized spacial score (nSPS) is 10.2. The van der Waals surface area contributed by atoms with Crippen LogP contribution in [-0.2, 0) is 0 Å². The Morgan fingerprint density at radius 1 is 1.12 bits per heavy atom. The molecular formula is C13H9ClFNO. The van der Waals surface area contributed by atoms with Crippen LogP contribution in [0.5, 0.6) is 0 Å². The van der Waals surface area contributed by atoms with E-state index in [0.717, 1.165) is 6.07 Å². The lowest BCUT2D eigenvalue weighted by Gasteiger charge is -2.05. The fourth-order valence-electron chi connectivity index (χ4n) is 1.52. The van der Waals surface area contributed by atoms with E-state index in [2.05, 4.69) is 0 Å². The van der Waals surface area contributed by atoms with Crippen molar-refractivity contribution in [3.8, 4) is 0 Å². The molecule has 0 spiro atoms. The molecule has 17 heavy (non-hydrogen) atoms. The zero-order valence-corrected chi connectivity index (χ0v) is 9.54. The second-order valence-electron chi connectivity index (χ2n) is 3.54. The Morgan fingerprint density at radius 3 is 2.47 bits per heavy atom. The van der Waals surface area contributed by atoms with Crippen LogP contribution in [0.4, 0.5) is 10.1 Å². The van der Waals surface area contributed by atoms with E-state index in [4.69, 9.17) is 17.3 Å². The van der Waals surface area contributed by atoms with Gasteiger partial charge in [0.1, 0.15) is 5.82 Å². The van der Waals surface area contributed by atoms with Gasteiger partial charge in [-0.3, -0.25) is 4.79 Å². The highest BCUT2D eigenvalue weighted by atomic mass is 35.5. The Balaban J connectivity index is 2.48. The van der Waals surface area contributed by atoms with Crippen LogP contribution in [0.1, 0.15) is 15.9 Å². The molecule has 0 unspecified atom stereocenters. The number of anilines is 1. The summed E-state index contributed by atoms with van der Waals surface area (Å²) >= 11 is 5.62. The van der Waals surface area contributed by atoms with Crippen molar-refractivity contribution in [2.75, 3.05) is 5.73 Å². The molecule has 0 bridgehead atoms. The standard InChI is InChI=1S/C13H9ClFNO/c14-8-5-6-9(11(15)7-8)13(17)10-3-1-2-4-12(10)16/h1-7H,16H2. The van der Waals surface area contributed by atoms with Crippen molar-refractivity contribution in [3.05, 3.63) is 64.4 Å². The van der Waals surface area contributed by atoms with E-state index >= 15 is 0 Å². The van der Waals surface area contributed by atoms with Crippen LogP contribution in [0.15, 0.2) is 42.5 Å². The molecule has 2 rings (SSSR count). The second-order valence-corrected chi connectivity index (χ2v) is 3.98. The van der Waals surface area contributed by atoms with Crippen molar-refractivity contribution in [2.24, 2.45) is 0 Å². The first-order valence-corrected chi connectivity index (χ1v) is 5.31. The molecule has 86 valence electrons. The number of hydrogen-bond acceptors (Lipinski definition) is 2. The van der Waals surface area contributed by atoms with Gasteiger partial charge in [-0.05, 0) is 30.3 Å². The molecule has 0 aliphatic carbocycles. The number of nitrogen functional groups attached to an aromatic ring is 1. The highest BCUT2D eigenvalue weighted by molar-refractivity contribution is 6.30. The molecule has 0 radical (unpaired) electrons. The molecule has 0 amide bonds. The van der Waals surface area contributed by atoms with Gasteiger partial charge in [-0.25, -0.2) is 4.39 Å². The molecular weight excluding hydrogens is 241 g/mol. The van der Waals surface area contributed by atoms with Gasteiger partial charge in [0.05, 0.1) is 5.56 Å². The summed E-state index contributed by atoms with van der Waals surface area (Å²) < 4.78 is 13.6. The van der Waals surface area contributed by atoms with E-state index in [1.807, 2.05) is 0 Å². The molecule has 0 aliphatic heterocycles. The molecule has 2 aromatic carbocycles. The minimum atomic E-state index is -0.647. The van der Waals surface area contributed by atoms with Crippen molar-refractivity contribution in [1.82, 2.24) is 0 Å². The van der Waals surface area contributed by atoms with E-state index in [1.54, 1.807) is 24.3 Å². The maximum absolute atomic E-state index is 13.6. The first-order valence-electron chi connectivity index (χ1n) is 4.94. The van der Waals surface area contributed by atoms with Crippen LogP contribution >= 0.6 is 11.6 Å². The van der Waals surface area contributed by atoms with Gasteiger partial charge in [-0.15, -0.1) is 0 Å². The Hall–Kier alpha value is -1.87. The van der Waals surface area contributed by atoms with Crippen molar-refractivity contribution in [3.63, 3.8) is 0 Å². The van der Waals surface area contributed by atoms with Crippen LogP contribution in [0.2, 0.25) is 5.02 Å². The summed E-state index contributed by atoms with van der Waals surface area (Å²) in [5, 5.41) is 0.250. The van der Waals surface area contributed by atoms with Crippen molar-refractivity contribution in [2.45, 2.75) is 0 Å². The molecule has 0 heterocycles. The summed E-state index contributed by atoms with van der Waals surface area (Å²) in [6.45, 7) is 0. The Labute approximate surface area is 103 Å². The summed E-state index contributed by atoms with van der Waals surface area (Å²) in [4.78, 5) is 12.0. The quantitative estimate of drug-likeness (QED) is 0.656. The van der Waals surface area contributed by atoms with E-state index in [0.29, 0.717) is 5.69 Å². The maximum atomic E-state index is 13.6.